The number of hydrogen-bond acceptors (Lipinski definition) is 6. The predicted molar refractivity (Wildman–Crippen MR) is 89.6 cm³/mol. The van der Waals surface area contributed by atoms with Crippen molar-refractivity contribution in [2.75, 3.05) is 7.11 Å². The number of hydrogen-bond donors (Lipinski definition) is 1. The molecule has 1 saturated carbocycles. The first-order valence-electron chi connectivity index (χ1n) is 8.42. The zero-order chi connectivity index (χ0) is 17.7. The van der Waals surface area contributed by atoms with Crippen molar-refractivity contribution in [1.82, 2.24) is 15.5 Å². The lowest BCUT2D eigenvalue weighted by molar-refractivity contribution is -0.148. The van der Waals surface area contributed by atoms with Gasteiger partial charge in [-0.1, -0.05) is 43.0 Å². The molecular weight excluding hydrogens is 322 g/mol. The Hall–Kier alpha value is -2.70. The predicted octanol–water partition coefficient (Wildman–Crippen LogP) is 2.73. The van der Waals surface area contributed by atoms with Crippen LogP contribution >= 0.6 is 0 Å². The van der Waals surface area contributed by atoms with Crippen molar-refractivity contribution in [2.24, 2.45) is 0 Å². The van der Waals surface area contributed by atoms with E-state index in [4.69, 9.17) is 9.26 Å². The van der Waals surface area contributed by atoms with E-state index in [1.54, 1.807) is 24.3 Å². The molecule has 0 atom stereocenters. The fraction of sp³-hybridized carbons (Fsp3) is 0.444. The van der Waals surface area contributed by atoms with Crippen molar-refractivity contribution < 1.29 is 18.8 Å². The van der Waals surface area contributed by atoms with Gasteiger partial charge < -0.3 is 14.6 Å². The normalized spacial score (nSPS) is 16.7. The van der Waals surface area contributed by atoms with Crippen LogP contribution in [0.2, 0.25) is 0 Å². The van der Waals surface area contributed by atoms with Gasteiger partial charge in [-0.2, -0.15) is 4.98 Å². The van der Waals surface area contributed by atoms with Crippen LogP contribution < -0.4 is 5.32 Å². The van der Waals surface area contributed by atoms with E-state index in [-0.39, 0.29) is 11.9 Å². The van der Waals surface area contributed by atoms with Crippen LogP contribution in [-0.4, -0.2) is 34.7 Å². The van der Waals surface area contributed by atoms with Gasteiger partial charge in [-0.3, -0.25) is 4.79 Å². The highest BCUT2D eigenvalue weighted by molar-refractivity contribution is 5.98. The second-order valence-corrected chi connectivity index (χ2v) is 6.27. The van der Waals surface area contributed by atoms with Crippen LogP contribution in [0.15, 0.2) is 35.2 Å². The molecule has 0 saturated heterocycles. The van der Waals surface area contributed by atoms with Gasteiger partial charge >= 0.3 is 5.97 Å². The molecular formula is C18H21N3O4. The van der Waals surface area contributed by atoms with Crippen molar-refractivity contribution in [3.63, 3.8) is 0 Å². The largest absolute Gasteiger partial charge is 0.467 e. The highest BCUT2D eigenvalue weighted by atomic mass is 16.5. The Balaban J connectivity index is 1.78. The molecule has 1 aromatic heterocycles. The maximum atomic E-state index is 12.7. The van der Waals surface area contributed by atoms with Crippen LogP contribution in [0.4, 0.5) is 0 Å². The second kappa shape index (κ2) is 7.46. The maximum Gasteiger partial charge on any atom is 0.331 e. The summed E-state index contributed by atoms with van der Waals surface area (Å²) in [5, 5.41) is 6.69. The van der Waals surface area contributed by atoms with Gasteiger partial charge in [0.15, 0.2) is 0 Å². The molecule has 0 aliphatic heterocycles. The number of carbonyl (C=O) groups is 2. The Morgan fingerprint density at radius 1 is 1.12 bits per heavy atom. The van der Waals surface area contributed by atoms with Crippen molar-refractivity contribution in [3.05, 3.63) is 36.2 Å². The Kier molecular flexibility index (Phi) is 5.11. The molecule has 0 spiro atoms. The van der Waals surface area contributed by atoms with E-state index in [1.165, 1.54) is 13.5 Å². The summed E-state index contributed by atoms with van der Waals surface area (Å²) in [5.41, 5.74) is 0.288. The summed E-state index contributed by atoms with van der Waals surface area (Å²) in [6, 6.07) is 6.86. The van der Waals surface area contributed by atoms with Gasteiger partial charge in [-0.05, 0) is 25.0 Å². The molecule has 7 nitrogen and oxygen atoms in total. The third kappa shape index (κ3) is 3.70. The number of rotatable bonds is 4. The summed E-state index contributed by atoms with van der Waals surface area (Å²) in [4.78, 5) is 29.0. The van der Waals surface area contributed by atoms with E-state index in [0.29, 0.717) is 24.2 Å². The average molecular weight is 343 g/mol. The van der Waals surface area contributed by atoms with Gasteiger partial charge in [0.1, 0.15) is 5.54 Å². The molecule has 7 heteroatoms. The summed E-state index contributed by atoms with van der Waals surface area (Å²) in [6.45, 7) is 0. The van der Waals surface area contributed by atoms with Gasteiger partial charge in [0.25, 0.3) is 5.91 Å². The smallest absolute Gasteiger partial charge is 0.331 e. The fourth-order valence-corrected chi connectivity index (χ4v) is 3.27. The summed E-state index contributed by atoms with van der Waals surface area (Å²) < 4.78 is 9.69. The Morgan fingerprint density at radius 3 is 2.36 bits per heavy atom. The molecule has 0 bridgehead atoms. The van der Waals surface area contributed by atoms with Crippen molar-refractivity contribution in [1.29, 1.82) is 0 Å². The first-order chi connectivity index (χ1) is 12.1. The number of amides is 1. The molecule has 1 amide bonds. The number of benzene rings is 1. The lowest BCUT2D eigenvalue weighted by Gasteiger charge is -2.30. The molecule has 1 aliphatic carbocycles. The fourth-order valence-electron chi connectivity index (χ4n) is 3.27. The zero-order valence-corrected chi connectivity index (χ0v) is 14.2. The Morgan fingerprint density at radius 2 is 1.80 bits per heavy atom. The number of nitrogens with zero attached hydrogens (tertiary/aromatic N) is 2. The lowest BCUT2D eigenvalue weighted by atomic mass is 9.89. The van der Waals surface area contributed by atoms with E-state index in [2.05, 4.69) is 15.5 Å². The minimum Gasteiger partial charge on any atom is -0.467 e. The number of aromatic nitrogens is 2. The molecule has 1 heterocycles. The summed E-state index contributed by atoms with van der Waals surface area (Å²) >= 11 is 0. The van der Waals surface area contributed by atoms with Gasteiger partial charge in [-0.25, -0.2) is 4.79 Å². The monoisotopic (exact) mass is 343 g/mol. The molecule has 1 aromatic carbocycles. The van der Waals surface area contributed by atoms with Crippen LogP contribution in [-0.2, 0) is 9.53 Å². The standard InChI is InChI=1S/C18H21N3O4/c1-24-17(23)18(10-4-2-3-5-11-18)20-16(22)14-8-6-13(7-9-14)15-19-12-25-21-15/h6-9,12H,2-5,10-11H2,1H3,(H,20,22). The highest BCUT2D eigenvalue weighted by Crippen LogP contribution is 2.29. The number of carbonyl (C=O) groups excluding carboxylic acids is 2. The molecule has 3 rings (SSSR count). The molecule has 2 aromatic rings. The molecule has 1 fully saturated rings. The minimum absolute atomic E-state index is 0.285. The maximum absolute atomic E-state index is 12.7. The van der Waals surface area contributed by atoms with Crippen LogP contribution in [0.5, 0.6) is 0 Å². The summed E-state index contributed by atoms with van der Waals surface area (Å²) in [7, 11) is 1.36. The summed E-state index contributed by atoms with van der Waals surface area (Å²) in [5.74, 6) is -0.195. The number of ether oxygens (including phenoxy) is 1. The molecule has 0 radical (unpaired) electrons. The number of nitrogens with one attached hydrogen (secondary N) is 1. The Bertz CT molecular complexity index is 717. The SMILES string of the molecule is COC(=O)C1(NC(=O)c2ccc(-c3ncon3)cc2)CCCCCC1. The lowest BCUT2D eigenvalue weighted by Crippen LogP contribution is -2.54. The molecule has 1 aliphatic rings. The topological polar surface area (TPSA) is 94.3 Å². The second-order valence-electron chi connectivity index (χ2n) is 6.27. The van der Waals surface area contributed by atoms with Gasteiger partial charge in [0.2, 0.25) is 12.2 Å². The minimum atomic E-state index is -0.936. The molecule has 0 unspecified atom stereocenters. The van der Waals surface area contributed by atoms with E-state index in [9.17, 15) is 9.59 Å². The average Bonchev–Trinajstić information content (AvgIpc) is 3.08. The van der Waals surface area contributed by atoms with Crippen molar-refractivity contribution in [2.45, 2.75) is 44.1 Å². The van der Waals surface area contributed by atoms with Gasteiger partial charge in [0, 0.05) is 11.1 Å². The highest BCUT2D eigenvalue weighted by Gasteiger charge is 2.41. The third-order valence-electron chi connectivity index (χ3n) is 4.65. The molecule has 132 valence electrons. The third-order valence-corrected chi connectivity index (χ3v) is 4.65. The van der Waals surface area contributed by atoms with E-state index < -0.39 is 5.54 Å². The van der Waals surface area contributed by atoms with E-state index in [1.807, 2.05) is 0 Å². The zero-order valence-electron chi connectivity index (χ0n) is 14.2. The van der Waals surface area contributed by atoms with Crippen molar-refractivity contribution in [3.8, 4) is 11.4 Å². The molecule has 1 N–H and O–H groups in total. The molecule has 25 heavy (non-hydrogen) atoms. The quantitative estimate of drug-likeness (QED) is 0.677. The van der Waals surface area contributed by atoms with Crippen LogP contribution in [0.25, 0.3) is 11.4 Å². The van der Waals surface area contributed by atoms with Gasteiger partial charge in [0.05, 0.1) is 7.11 Å². The number of esters is 1. The van der Waals surface area contributed by atoms with Crippen LogP contribution in [0.3, 0.4) is 0 Å². The van der Waals surface area contributed by atoms with E-state index >= 15 is 0 Å². The first-order valence-corrected chi connectivity index (χ1v) is 8.42. The number of methoxy groups -OCH3 is 1. The van der Waals surface area contributed by atoms with Crippen LogP contribution in [0, 0.1) is 0 Å². The first kappa shape index (κ1) is 17.1. The Labute approximate surface area is 145 Å². The van der Waals surface area contributed by atoms with Crippen molar-refractivity contribution >= 4 is 11.9 Å². The van der Waals surface area contributed by atoms with Crippen LogP contribution in [0.1, 0.15) is 48.9 Å². The summed E-state index contributed by atoms with van der Waals surface area (Å²) in [6.07, 6.45) is 6.38. The van der Waals surface area contributed by atoms with Gasteiger partial charge in [-0.15, -0.1) is 0 Å². The van der Waals surface area contributed by atoms with E-state index in [0.717, 1.165) is 31.2 Å².